The second-order valence-corrected chi connectivity index (χ2v) is 2.48. The molecule has 2 aromatic rings. The molecule has 0 atom stereocenters. The van der Waals surface area contributed by atoms with Crippen LogP contribution in [0.5, 0.6) is 0 Å². The smallest absolute Gasteiger partial charge is 0.138 e. The molecular formula is C8H6N4. The number of nitriles is 1. The molecule has 0 saturated heterocycles. The van der Waals surface area contributed by atoms with Crippen LogP contribution in [0.15, 0.2) is 18.5 Å². The molecule has 4 heteroatoms. The quantitative estimate of drug-likeness (QED) is 0.600. The van der Waals surface area contributed by atoms with Crippen molar-refractivity contribution in [3.8, 4) is 6.07 Å². The van der Waals surface area contributed by atoms with E-state index in [0.29, 0.717) is 16.9 Å². The molecule has 3 N–H and O–H groups in total. The third-order valence-corrected chi connectivity index (χ3v) is 1.67. The Hall–Kier alpha value is -2.02. The van der Waals surface area contributed by atoms with E-state index < -0.39 is 0 Å². The summed E-state index contributed by atoms with van der Waals surface area (Å²) in [6.07, 6.45) is 3.18. The van der Waals surface area contributed by atoms with Gasteiger partial charge in [0.1, 0.15) is 11.7 Å². The van der Waals surface area contributed by atoms with E-state index in [1.165, 1.54) is 0 Å². The van der Waals surface area contributed by atoms with Gasteiger partial charge < -0.3 is 10.7 Å². The molecule has 0 radical (unpaired) electrons. The topological polar surface area (TPSA) is 78.5 Å². The summed E-state index contributed by atoms with van der Waals surface area (Å²) in [5, 5.41) is 9.45. The fourth-order valence-corrected chi connectivity index (χ4v) is 1.11. The molecule has 2 aromatic heterocycles. The number of rotatable bonds is 0. The minimum Gasteiger partial charge on any atom is -0.397 e. The largest absolute Gasteiger partial charge is 0.397 e. The normalized spacial score (nSPS) is 9.92. The summed E-state index contributed by atoms with van der Waals surface area (Å²) in [5.74, 6) is 0. The lowest BCUT2D eigenvalue weighted by Gasteiger charge is -1.91. The summed E-state index contributed by atoms with van der Waals surface area (Å²) in [5.41, 5.74) is 7.36. The second kappa shape index (κ2) is 2.24. The van der Waals surface area contributed by atoms with Crippen LogP contribution >= 0.6 is 0 Å². The Labute approximate surface area is 68.6 Å². The lowest BCUT2D eigenvalue weighted by Crippen LogP contribution is -1.85. The number of nitrogens with one attached hydrogen (secondary N) is 1. The van der Waals surface area contributed by atoms with Gasteiger partial charge in [-0.05, 0) is 6.07 Å². The van der Waals surface area contributed by atoms with Gasteiger partial charge in [-0.15, -0.1) is 0 Å². The molecule has 2 rings (SSSR count). The molecular weight excluding hydrogens is 152 g/mol. The maximum atomic E-state index is 8.68. The Kier molecular flexibility index (Phi) is 1.25. The minimum atomic E-state index is 0.568. The Morgan fingerprint density at radius 1 is 1.58 bits per heavy atom. The Morgan fingerprint density at radius 2 is 2.42 bits per heavy atom. The van der Waals surface area contributed by atoms with Crippen LogP contribution in [0.2, 0.25) is 0 Å². The van der Waals surface area contributed by atoms with Gasteiger partial charge in [-0.3, -0.25) is 0 Å². The summed E-state index contributed by atoms with van der Waals surface area (Å²) in [6.45, 7) is 0. The number of hydrogen-bond donors (Lipinski definition) is 2. The first-order chi connectivity index (χ1) is 5.81. The van der Waals surface area contributed by atoms with Crippen molar-refractivity contribution >= 4 is 16.7 Å². The molecule has 0 bridgehead atoms. The van der Waals surface area contributed by atoms with Crippen molar-refractivity contribution in [2.45, 2.75) is 0 Å². The fourth-order valence-electron chi connectivity index (χ4n) is 1.11. The number of aromatic amines is 1. The zero-order valence-electron chi connectivity index (χ0n) is 6.20. The van der Waals surface area contributed by atoms with Gasteiger partial charge in [0.25, 0.3) is 0 Å². The minimum absolute atomic E-state index is 0.568. The number of aromatic nitrogens is 2. The first-order valence-electron chi connectivity index (χ1n) is 3.44. The van der Waals surface area contributed by atoms with E-state index >= 15 is 0 Å². The van der Waals surface area contributed by atoms with Crippen molar-refractivity contribution < 1.29 is 0 Å². The zero-order valence-corrected chi connectivity index (χ0v) is 6.20. The van der Waals surface area contributed by atoms with Gasteiger partial charge in [0.05, 0.1) is 17.4 Å². The van der Waals surface area contributed by atoms with Crippen LogP contribution in [0.4, 0.5) is 5.69 Å². The van der Waals surface area contributed by atoms with Crippen LogP contribution in [-0.2, 0) is 0 Å². The summed E-state index contributed by atoms with van der Waals surface area (Å²) < 4.78 is 0. The van der Waals surface area contributed by atoms with Crippen molar-refractivity contribution in [2.75, 3.05) is 5.73 Å². The monoisotopic (exact) mass is 158 g/mol. The lowest BCUT2D eigenvalue weighted by atomic mass is 10.2. The van der Waals surface area contributed by atoms with Crippen molar-refractivity contribution in [3.63, 3.8) is 0 Å². The molecule has 0 aliphatic carbocycles. The molecule has 0 aliphatic rings. The third kappa shape index (κ3) is 0.805. The Morgan fingerprint density at radius 3 is 3.17 bits per heavy atom. The molecule has 0 aromatic carbocycles. The lowest BCUT2D eigenvalue weighted by molar-refractivity contribution is 1.33. The number of anilines is 1. The summed E-state index contributed by atoms with van der Waals surface area (Å²) in [7, 11) is 0. The first-order valence-corrected chi connectivity index (χ1v) is 3.44. The number of nitrogens with zero attached hydrogens (tertiary/aromatic N) is 2. The highest BCUT2D eigenvalue weighted by atomic mass is 14.8. The number of nitrogens with two attached hydrogens (primary N) is 1. The highest BCUT2D eigenvalue weighted by molar-refractivity contribution is 5.84. The van der Waals surface area contributed by atoms with Gasteiger partial charge in [-0.1, -0.05) is 0 Å². The maximum absolute atomic E-state index is 8.68. The van der Waals surface area contributed by atoms with Gasteiger partial charge in [0, 0.05) is 11.6 Å². The fraction of sp³-hybridized carbons (Fsp3) is 0. The van der Waals surface area contributed by atoms with Crippen LogP contribution in [-0.4, -0.2) is 9.97 Å². The Balaban J connectivity index is 2.86. The van der Waals surface area contributed by atoms with E-state index in [9.17, 15) is 0 Å². The van der Waals surface area contributed by atoms with Crippen molar-refractivity contribution in [1.82, 2.24) is 9.97 Å². The van der Waals surface area contributed by atoms with E-state index in [1.54, 1.807) is 18.5 Å². The highest BCUT2D eigenvalue weighted by Crippen LogP contribution is 2.17. The standard InChI is InChI=1S/C8H6N4/c9-2-5-3-11-8-7(5)1-6(10)4-12-8/h1,3-4H,10H2,(H,11,12). The highest BCUT2D eigenvalue weighted by Gasteiger charge is 2.02. The number of pyridine rings is 1. The number of nitrogen functional groups attached to an aromatic ring is 1. The van der Waals surface area contributed by atoms with Crippen molar-refractivity contribution in [3.05, 3.63) is 24.0 Å². The molecule has 58 valence electrons. The molecule has 0 fully saturated rings. The summed E-state index contributed by atoms with van der Waals surface area (Å²) in [6, 6.07) is 3.78. The summed E-state index contributed by atoms with van der Waals surface area (Å²) >= 11 is 0. The number of hydrogen-bond acceptors (Lipinski definition) is 3. The van der Waals surface area contributed by atoms with Crippen molar-refractivity contribution in [1.29, 1.82) is 5.26 Å². The van der Waals surface area contributed by atoms with Crippen LogP contribution < -0.4 is 5.73 Å². The van der Waals surface area contributed by atoms with E-state index in [4.69, 9.17) is 11.0 Å². The van der Waals surface area contributed by atoms with Crippen molar-refractivity contribution in [2.24, 2.45) is 0 Å². The van der Waals surface area contributed by atoms with Crippen LogP contribution in [0.25, 0.3) is 11.0 Å². The molecule has 0 aliphatic heterocycles. The zero-order chi connectivity index (χ0) is 8.55. The average molecular weight is 158 g/mol. The maximum Gasteiger partial charge on any atom is 0.138 e. The number of H-pyrrole nitrogens is 1. The second-order valence-electron chi connectivity index (χ2n) is 2.48. The molecule has 4 nitrogen and oxygen atoms in total. The first kappa shape index (κ1) is 6.68. The van der Waals surface area contributed by atoms with Gasteiger partial charge in [-0.2, -0.15) is 5.26 Å². The molecule has 2 heterocycles. The van der Waals surface area contributed by atoms with E-state index in [-0.39, 0.29) is 0 Å². The van der Waals surface area contributed by atoms with Gasteiger partial charge in [-0.25, -0.2) is 4.98 Å². The molecule has 12 heavy (non-hydrogen) atoms. The summed E-state index contributed by atoms with van der Waals surface area (Å²) in [4.78, 5) is 6.89. The average Bonchev–Trinajstić information content (AvgIpc) is 2.46. The van der Waals surface area contributed by atoms with Gasteiger partial charge in [0.15, 0.2) is 0 Å². The SMILES string of the molecule is N#Cc1c[nH]c2ncc(N)cc12. The Bertz CT molecular complexity index is 463. The molecule has 0 saturated carbocycles. The van der Waals surface area contributed by atoms with Gasteiger partial charge >= 0.3 is 0 Å². The molecule has 0 amide bonds. The van der Waals surface area contributed by atoms with E-state index in [0.717, 1.165) is 5.39 Å². The molecule has 0 spiro atoms. The van der Waals surface area contributed by atoms with E-state index in [1.807, 2.05) is 0 Å². The van der Waals surface area contributed by atoms with Crippen LogP contribution in [0.1, 0.15) is 5.56 Å². The van der Waals surface area contributed by atoms with Crippen LogP contribution in [0, 0.1) is 11.3 Å². The predicted molar refractivity (Wildman–Crippen MR) is 45.2 cm³/mol. The number of fused-ring (bicyclic) bond motifs is 1. The third-order valence-electron chi connectivity index (χ3n) is 1.67. The molecule has 0 unspecified atom stereocenters. The van der Waals surface area contributed by atoms with E-state index in [2.05, 4.69) is 16.0 Å². The van der Waals surface area contributed by atoms with Crippen LogP contribution in [0.3, 0.4) is 0 Å². The van der Waals surface area contributed by atoms with Gasteiger partial charge in [0.2, 0.25) is 0 Å². The predicted octanol–water partition coefficient (Wildman–Crippen LogP) is 1.02.